The number of nitrogens with zero attached hydrogens (tertiary/aromatic N) is 1. The van der Waals surface area contributed by atoms with Crippen LogP contribution in [0.15, 0.2) is 30.3 Å². The van der Waals surface area contributed by atoms with Crippen LogP contribution in [0, 0.1) is 0 Å². The molecule has 0 bridgehead atoms. The number of hydrogen-bond donors (Lipinski definition) is 1. The van der Waals surface area contributed by atoms with Crippen molar-refractivity contribution in [3.8, 4) is 0 Å². The van der Waals surface area contributed by atoms with Gasteiger partial charge in [0.15, 0.2) is 0 Å². The molecule has 0 aromatic heterocycles. The molecule has 2 amide bonds. The van der Waals surface area contributed by atoms with Gasteiger partial charge in [-0.3, -0.25) is 14.5 Å². The first kappa shape index (κ1) is 11.8. The highest BCUT2D eigenvalue weighted by Crippen LogP contribution is 2.29. The topological polar surface area (TPSA) is 57.6 Å². The van der Waals surface area contributed by atoms with Gasteiger partial charge in [0, 0.05) is 18.8 Å². The van der Waals surface area contributed by atoms with E-state index in [0.717, 1.165) is 10.5 Å². The molecule has 1 aliphatic rings. The van der Waals surface area contributed by atoms with Crippen LogP contribution in [0.3, 0.4) is 0 Å². The molecule has 0 radical (unpaired) electrons. The minimum absolute atomic E-state index is 0.0221. The number of aliphatic hydroxyl groups excluding tert-OH is 1. The fraction of sp³-hybridized carbons (Fsp3) is 0.385. The van der Waals surface area contributed by atoms with E-state index in [4.69, 9.17) is 5.11 Å². The van der Waals surface area contributed by atoms with Gasteiger partial charge in [0.2, 0.25) is 11.8 Å². The van der Waals surface area contributed by atoms with Crippen molar-refractivity contribution in [1.82, 2.24) is 4.90 Å². The quantitative estimate of drug-likeness (QED) is 0.789. The zero-order valence-corrected chi connectivity index (χ0v) is 9.50. The average molecular weight is 233 g/mol. The predicted octanol–water partition coefficient (Wildman–Crippen LogP) is 0.911. The lowest BCUT2D eigenvalue weighted by molar-refractivity contribution is -0.149. The van der Waals surface area contributed by atoms with Gasteiger partial charge in [-0.25, -0.2) is 0 Å². The van der Waals surface area contributed by atoms with Crippen LogP contribution < -0.4 is 0 Å². The van der Waals surface area contributed by atoms with E-state index in [0.29, 0.717) is 12.8 Å². The van der Waals surface area contributed by atoms with Crippen LogP contribution in [0.2, 0.25) is 0 Å². The van der Waals surface area contributed by atoms with Crippen LogP contribution in [0.4, 0.5) is 0 Å². The lowest BCUT2D eigenvalue weighted by Gasteiger charge is -2.29. The molecule has 1 N–H and O–H groups in total. The van der Waals surface area contributed by atoms with Gasteiger partial charge in [0.1, 0.15) is 0 Å². The summed E-state index contributed by atoms with van der Waals surface area (Å²) in [7, 11) is 0. The Bertz CT molecular complexity index is 398. The lowest BCUT2D eigenvalue weighted by atomic mass is 9.88. The Morgan fingerprint density at radius 1 is 1.12 bits per heavy atom. The van der Waals surface area contributed by atoms with Crippen LogP contribution in [-0.2, 0) is 9.59 Å². The maximum atomic E-state index is 11.8. The third-order valence-corrected chi connectivity index (χ3v) is 3.04. The van der Waals surface area contributed by atoms with Crippen molar-refractivity contribution < 1.29 is 14.7 Å². The third kappa shape index (κ3) is 2.53. The molecule has 1 aromatic carbocycles. The first-order valence-electron chi connectivity index (χ1n) is 5.71. The molecule has 0 spiro atoms. The number of imide groups is 1. The van der Waals surface area contributed by atoms with Gasteiger partial charge >= 0.3 is 0 Å². The molecule has 1 aromatic rings. The second-order valence-corrected chi connectivity index (χ2v) is 4.18. The van der Waals surface area contributed by atoms with Crippen molar-refractivity contribution in [1.29, 1.82) is 0 Å². The van der Waals surface area contributed by atoms with E-state index in [1.54, 1.807) is 0 Å². The van der Waals surface area contributed by atoms with E-state index in [1.807, 2.05) is 30.3 Å². The fourth-order valence-electron chi connectivity index (χ4n) is 2.16. The molecule has 1 aliphatic heterocycles. The van der Waals surface area contributed by atoms with Crippen LogP contribution in [0.1, 0.15) is 24.3 Å². The maximum Gasteiger partial charge on any atom is 0.229 e. The van der Waals surface area contributed by atoms with E-state index < -0.39 is 0 Å². The normalized spacial score (nSPS) is 17.6. The summed E-state index contributed by atoms with van der Waals surface area (Å²) >= 11 is 0. The highest BCUT2D eigenvalue weighted by Gasteiger charge is 2.32. The van der Waals surface area contributed by atoms with Crippen molar-refractivity contribution >= 4 is 11.8 Å². The number of rotatable bonds is 3. The van der Waals surface area contributed by atoms with E-state index in [-0.39, 0.29) is 30.9 Å². The number of benzene rings is 1. The number of aliphatic hydroxyl groups is 1. The SMILES string of the molecule is O=C1CC(c2ccccc2)CC(=O)N1CCO. The summed E-state index contributed by atoms with van der Waals surface area (Å²) in [6.07, 6.45) is 0.686. The highest BCUT2D eigenvalue weighted by molar-refractivity contribution is 5.98. The maximum absolute atomic E-state index is 11.8. The van der Waals surface area contributed by atoms with Gasteiger partial charge in [0.05, 0.1) is 13.2 Å². The Balaban J connectivity index is 2.12. The number of piperidine rings is 1. The zero-order valence-electron chi connectivity index (χ0n) is 9.50. The van der Waals surface area contributed by atoms with Gasteiger partial charge in [-0.2, -0.15) is 0 Å². The Morgan fingerprint density at radius 2 is 1.71 bits per heavy atom. The predicted molar refractivity (Wildman–Crippen MR) is 62.2 cm³/mol. The van der Waals surface area contributed by atoms with Gasteiger partial charge < -0.3 is 5.11 Å². The third-order valence-electron chi connectivity index (χ3n) is 3.04. The Labute approximate surface area is 99.9 Å². The van der Waals surface area contributed by atoms with Crippen molar-refractivity contribution in [2.75, 3.05) is 13.2 Å². The van der Waals surface area contributed by atoms with Crippen LogP contribution in [0.5, 0.6) is 0 Å². The summed E-state index contributed by atoms with van der Waals surface area (Å²) in [5, 5.41) is 8.79. The summed E-state index contributed by atoms with van der Waals surface area (Å²) in [6.45, 7) is -0.0628. The molecule has 0 atom stereocenters. The van der Waals surface area contributed by atoms with E-state index >= 15 is 0 Å². The lowest BCUT2D eigenvalue weighted by Crippen LogP contribution is -2.44. The van der Waals surface area contributed by atoms with Crippen molar-refractivity contribution in [2.45, 2.75) is 18.8 Å². The summed E-state index contributed by atoms with van der Waals surface area (Å²) in [5.74, 6) is -0.403. The molecular formula is C13H15NO3. The van der Waals surface area contributed by atoms with Crippen LogP contribution >= 0.6 is 0 Å². The number of β-amino-alcohol motifs (C(OH)–C–C–N with tert-alkyl or cyclic N) is 1. The molecule has 0 saturated carbocycles. The molecule has 90 valence electrons. The van der Waals surface area contributed by atoms with E-state index in [1.165, 1.54) is 0 Å². The monoisotopic (exact) mass is 233 g/mol. The average Bonchev–Trinajstić information content (AvgIpc) is 2.35. The van der Waals surface area contributed by atoms with Crippen molar-refractivity contribution in [3.05, 3.63) is 35.9 Å². The van der Waals surface area contributed by atoms with Gasteiger partial charge in [-0.1, -0.05) is 30.3 Å². The molecule has 4 heteroatoms. The highest BCUT2D eigenvalue weighted by atomic mass is 16.3. The van der Waals surface area contributed by atoms with Crippen molar-refractivity contribution in [3.63, 3.8) is 0 Å². The fourth-order valence-corrected chi connectivity index (χ4v) is 2.16. The van der Waals surface area contributed by atoms with Gasteiger partial charge in [0.25, 0.3) is 0 Å². The molecule has 1 saturated heterocycles. The standard InChI is InChI=1S/C13H15NO3/c15-7-6-14-12(16)8-11(9-13(14)17)10-4-2-1-3-5-10/h1-5,11,15H,6-9H2. The Hall–Kier alpha value is -1.68. The second kappa shape index (κ2) is 5.10. The summed E-state index contributed by atoms with van der Waals surface area (Å²) in [4.78, 5) is 24.7. The number of hydrogen-bond acceptors (Lipinski definition) is 3. The second-order valence-electron chi connectivity index (χ2n) is 4.18. The van der Waals surface area contributed by atoms with E-state index in [9.17, 15) is 9.59 Å². The molecule has 0 unspecified atom stereocenters. The molecule has 1 heterocycles. The molecule has 1 fully saturated rings. The summed E-state index contributed by atoms with van der Waals surface area (Å²) < 4.78 is 0. The number of likely N-dealkylation sites (tertiary alicyclic amines) is 1. The molecule has 4 nitrogen and oxygen atoms in total. The van der Waals surface area contributed by atoms with E-state index in [2.05, 4.69) is 0 Å². The molecule has 0 aliphatic carbocycles. The number of carbonyl (C=O) groups excluding carboxylic acids is 2. The summed E-state index contributed by atoms with van der Waals surface area (Å²) in [6, 6.07) is 9.60. The number of amides is 2. The summed E-state index contributed by atoms with van der Waals surface area (Å²) in [5.41, 5.74) is 1.03. The van der Waals surface area contributed by atoms with Crippen LogP contribution in [-0.4, -0.2) is 35.0 Å². The smallest absolute Gasteiger partial charge is 0.229 e. The van der Waals surface area contributed by atoms with Gasteiger partial charge in [-0.15, -0.1) is 0 Å². The largest absolute Gasteiger partial charge is 0.395 e. The first-order chi connectivity index (χ1) is 8.22. The van der Waals surface area contributed by atoms with Crippen LogP contribution in [0.25, 0.3) is 0 Å². The zero-order chi connectivity index (χ0) is 12.3. The minimum atomic E-state index is -0.191. The number of carbonyl (C=O) groups is 2. The Morgan fingerprint density at radius 3 is 2.24 bits per heavy atom. The van der Waals surface area contributed by atoms with Gasteiger partial charge in [-0.05, 0) is 5.56 Å². The minimum Gasteiger partial charge on any atom is -0.395 e. The first-order valence-corrected chi connectivity index (χ1v) is 5.71. The van der Waals surface area contributed by atoms with Crippen molar-refractivity contribution in [2.24, 2.45) is 0 Å². The Kier molecular flexibility index (Phi) is 3.54. The molecule has 2 rings (SSSR count). The molecular weight excluding hydrogens is 218 g/mol. The molecule has 17 heavy (non-hydrogen) atoms.